The van der Waals surface area contributed by atoms with E-state index in [1.54, 1.807) is 0 Å². The summed E-state index contributed by atoms with van der Waals surface area (Å²) >= 11 is 0. The third-order valence-corrected chi connectivity index (χ3v) is 2.45. The van der Waals surface area contributed by atoms with E-state index in [0.29, 0.717) is 6.54 Å². The molecule has 0 unspecified atom stereocenters. The molecule has 0 aromatic carbocycles. The Morgan fingerprint density at radius 2 is 2.23 bits per heavy atom. The van der Waals surface area contributed by atoms with Gasteiger partial charge in [-0.1, -0.05) is 5.92 Å². The van der Waals surface area contributed by atoms with E-state index in [1.165, 1.54) is 0 Å². The summed E-state index contributed by atoms with van der Waals surface area (Å²) in [7, 11) is 2.08. The van der Waals surface area contributed by atoms with Gasteiger partial charge in [-0.2, -0.15) is 0 Å². The summed E-state index contributed by atoms with van der Waals surface area (Å²) in [5, 5.41) is 2.72. The fourth-order valence-corrected chi connectivity index (χ4v) is 1.55. The molecule has 1 heterocycles. The van der Waals surface area contributed by atoms with Crippen LogP contribution in [0.15, 0.2) is 0 Å². The summed E-state index contributed by atoms with van der Waals surface area (Å²) < 4.78 is 0. The van der Waals surface area contributed by atoms with Crippen molar-refractivity contribution in [2.45, 2.75) is 12.8 Å². The van der Waals surface area contributed by atoms with E-state index in [-0.39, 0.29) is 11.8 Å². The van der Waals surface area contributed by atoms with Crippen LogP contribution in [-0.4, -0.2) is 37.5 Å². The van der Waals surface area contributed by atoms with Gasteiger partial charge in [-0.3, -0.25) is 4.79 Å². The number of carbonyl (C=O) groups excluding carboxylic acids is 1. The molecule has 3 heteroatoms. The average molecular weight is 180 g/mol. The second-order valence-corrected chi connectivity index (χ2v) is 3.50. The Balaban J connectivity index is 2.28. The van der Waals surface area contributed by atoms with Crippen molar-refractivity contribution < 1.29 is 4.79 Å². The second-order valence-electron chi connectivity index (χ2n) is 3.50. The Bertz CT molecular complexity index is 211. The van der Waals surface area contributed by atoms with Crippen molar-refractivity contribution in [1.82, 2.24) is 10.2 Å². The van der Waals surface area contributed by atoms with Gasteiger partial charge in [0.05, 0.1) is 6.54 Å². The molecule has 1 rings (SSSR count). The number of likely N-dealkylation sites (tertiary alicyclic amines) is 1. The number of amides is 1. The Morgan fingerprint density at radius 3 is 2.77 bits per heavy atom. The Morgan fingerprint density at radius 1 is 1.62 bits per heavy atom. The molecular formula is C10H16N2O. The lowest BCUT2D eigenvalue weighted by molar-refractivity contribution is -0.126. The largest absolute Gasteiger partial charge is 0.345 e. The normalized spacial score (nSPS) is 19.4. The molecule has 72 valence electrons. The smallest absolute Gasteiger partial charge is 0.223 e. The van der Waals surface area contributed by atoms with Crippen molar-refractivity contribution in [2.75, 3.05) is 26.7 Å². The van der Waals surface area contributed by atoms with E-state index in [1.807, 2.05) is 0 Å². The zero-order valence-corrected chi connectivity index (χ0v) is 8.05. The Labute approximate surface area is 79.5 Å². The van der Waals surface area contributed by atoms with Crippen LogP contribution in [0.25, 0.3) is 0 Å². The van der Waals surface area contributed by atoms with Crippen molar-refractivity contribution in [3.63, 3.8) is 0 Å². The molecule has 3 nitrogen and oxygen atoms in total. The van der Waals surface area contributed by atoms with Gasteiger partial charge < -0.3 is 10.2 Å². The Kier molecular flexibility index (Phi) is 3.78. The van der Waals surface area contributed by atoms with Gasteiger partial charge in [-0.25, -0.2) is 0 Å². The van der Waals surface area contributed by atoms with Crippen molar-refractivity contribution in [1.29, 1.82) is 0 Å². The minimum absolute atomic E-state index is 0.117. The number of hydrogen-bond donors (Lipinski definition) is 1. The van der Waals surface area contributed by atoms with Crippen LogP contribution >= 0.6 is 0 Å². The molecule has 1 aliphatic heterocycles. The predicted octanol–water partition coefficient (Wildman–Crippen LogP) is 0.0776. The van der Waals surface area contributed by atoms with Crippen LogP contribution in [-0.2, 0) is 4.79 Å². The molecule has 1 fully saturated rings. The summed E-state index contributed by atoms with van der Waals surface area (Å²) in [6, 6.07) is 0. The lowest BCUT2D eigenvalue weighted by Gasteiger charge is -2.27. The summed E-state index contributed by atoms with van der Waals surface area (Å²) in [5.74, 6) is 2.69. The first kappa shape index (κ1) is 10.1. The van der Waals surface area contributed by atoms with Gasteiger partial charge in [-0.15, -0.1) is 6.42 Å². The summed E-state index contributed by atoms with van der Waals surface area (Å²) in [6.07, 6.45) is 6.96. The highest BCUT2D eigenvalue weighted by molar-refractivity contribution is 5.78. The predicted molar refractivity (Wildman–Crippen MR) is 52.1 cm³/mol. The maximum absolute atomic E-state index is 11.4. The average Bonchev–Trinajstić information content (AvgIpc) is 2.15. The SMILES string of the molecule is C#CCNC(=O)C1CCN(C)CC1. The number of rotatable bonds is 2. The first-order valence-corrected chi connectivity index (χ1v) is 4.63. The molecule has 1 amide bonds. The maximum atomic E-state index is 11.4. The molecule has 0 aromatic rings. The number of nitrogens with zero attached hydrogens (tertiary/aromatic N) is 1. The molecule has 0 radical (unpaired) electrons. The fourth-order valence-electron chi connectivity index (χ4n) is 1.55. The van der Waals surface area contributed by atoms with Crippen molar-refractivity contribution >= 4 is 5.91 Å². The van der Waals surface area contributed by atoms with Gasteiger partial charge in [0, 0.05) is 5.92 Å². The monoisotopic (exact) mass is 180 g/mol. The molecule has 0 aromatic heterocycles. The van der Waals surface area contributed by atoms with Gasteiger partial charge in [0.2, 0.25) is 5.91 Å². The van der Waals surface area contributed by atoms with Crippen molar-refractivity contribution in [2.24, 2.45) is 5.92 Å². The van der Waals surface area contributed by atoms with Crippen LogP contribution < -0.4 is 5.32 Å². The lowest BCUT2D eigenvalue weighted by Crippen LogP contribution is -2.39. The van der Waals surface area contributed by atoms with Gasteiger partial charge in [0.15, 0.2) is 0 Å². The molecule has 1 aliphatic rings. The zero-order chi connectivity index (χ0) is 9.68. The first-order chi connectivity index (χ1) is 6.24. The third-order valence-electron chi connectivity index (χ3n) is 2.45. The Hall–Kier alpha value is -1.01. The second kappa shape index (κ2) is 4.88. The van der Waals surface area contributed by atoms with Crippen LogP contribution in [0.1, 0.15) is 12.8 Å². The van der Waals surface area contributed by atoms with E-state index in [4.69, 9.17) is 6.42 Å². The lowest BCUT2D eigenvalue weighted by atomic mass is 9.96. The highest BCUT2D eigenvalue weighted by Gasteiger charge is 2.22. The van der Waals surface area contributed by atoms with Gasteiger partial charge in [-0.05, 0) is 33.0 Å². The van der Waals surface area contributed by atoms with E-state index >= 15 is 0 Å². The van der Waals surface area contributed by atoms with E-state index in [0.717, 1.165) is 25.9 Å². The molecule has 0 bridgehead atoms. The molecular weight excluding hydrogens is 164 g/mol. The molecule has 13 heavy (non-hydrogen) atoms. The molecule has 1 N–H and O–H groups in total. The minimum atomic E-state index is 0.117. The summed E-state index contributed by atoms with van der Waals surface area (Å²) in [4.78, 5) is 13.7. The summed E-state index contributed by atoms with van der Waals surface area (Å²) in [6.45, 7) is 2.37. The highest BCUT2D eigenvalue weighted by Crippen LogP contribution is 2.15. The van der Waals surface area contributed by atoms with E-state index in [9.17, 15) is 4.79 Å². The van der Waals surface area contributed by atoms with Crippen LogP contribution in [0.4, 0.5) is 0 Å². The fraction of sp³-hybridized carbons (Fsp3) is 0.700. The van der Waals surface area contributed by atoms with E-state index < -0.39 is 0 Å². The number of nitrogens with one attached hydrogen (secondary N) is 1. The topological polar surface area (TPSA) is 32.3 Å². The first-order valence-electron chi connectivity index (χ1n) is 4.63. The van der Waals surface area contributed by atoms with Crippen molar-refractivity contribution in [3.05, 3.63) is 0 Å². The molecule has 0 saturated carbocycles. The van der Waals surface area contributed by atoms with Crippen molar-refractivity contribution in [3.8, 4) is 12.3 Å². The van der Waals surface area contributed by atoms with Gasteiger partial charge in [0.1, 0.15) is 0 Å². The maximum Gasteiger partial charge on any atom is 0.223 e. The van der Waals surface area contributed by atoms with Gasteiger partial charge >= 0.3 is 0 Å². The number of hydrogen-bond acceptors (Lipinski definition) is 2. The number of terminal acetylenes is 1. The molecule has 0 atom stereocenters. The standard InChI is InChI=1S/C10H16N2O/c1-3-6-11-10(13)9-4-7-12(2)8-5-9/h1,9H,4-8H2,2H3,(H,11,13). The van der Waals surface area contributed by atoms with Crippen LogP contribution in [0.5, 0.6) is 0 Å². The third kappa shape index (κ3) is 3.08. The van der Waals surface area contributed by atoms with E-state index in [2.05, 4.69) is 23.2 Å². The quantitative estimate of drug-likeness (QED) is 0.610. The molecule has 0 aliphatic carbocycles. The van der Waals surface area contributed by atoms with Gasteiger partial charge in [0.25, 0.3) is 0 Å². The number of carbonyl (C=O) groups is 1. The summed E-state index contributed by atoms with van der Waals surface area (Å²) in [5.41, 5.74) is 0. The molecule has 1 saturated heterocycles. The van der Waals surface area contributed by atoms with Crippen LogP contribution in [0, 0.1) is 18.3 Å². The van der Waals surface area contributed by atoms with Crippen LogP contribution in [0.3, 0.4) is 0 Å². The minimum Gasteiger partial charge on any atom is -0.345 e. The number of piperidine rings is 1. The molecule has 0 spiro atoms. The highest BCUT2D eigenvalue weighted by atomic mass is 16.1. The zero-order valence-electron chi connectivity index (χ0n) is 8.05. The van der Waals surface area contributed by atoms with Crippen LogP contribution in [0.2, 0.25) is 0 Å².